The number of nitrogens with two attached hydrogens (primary N) is 2. The molecule has 0 fully saturated rings. The van der Waals surface area contributed by atoms with E-state index in [1.54, 1.807) is 6.92 Å². The Morgan fingerprint density at radius 2 is 1.03 bits per heavy atom. The van der Waals surface area contributed by atoms with Gasteiger partial charge in [-0.1, -0.05) is 34.1 Å². The van der Waals surface area contributed by atoms with Gasteiger partial charge in [-0.25, -0.2) is 0 Å². The Balaban J connectivity index is 5.56. The molecule has 0 aliphatic rings. The highest BCUT2D eigenvalue weighted by atomic mass is 16.4. The SMILES string of the molecule is CC[C@H](C)[C@H](N)C(=O)N[C@@H](C)C(=O)NCC(=O)N[C@@H](C)C(=O)NCC(=O)N[C@@H](CC(=O)O)C(=O)N[C@H](C(=O)N[C@@H](CCCCN)C(=O)N[C@H](C(=O)NCC(=O)O)[C@@H](C)O)C(C)C. The van der Waals surface area contributed by atoms with Crippen LogP contribution in [0.3, 0.4) is 0 Å². The monoisotopic (exact) mass is 887 g/mol. The molecule has 0 saturated carbocycles. The van der Waals surface area contributed by atoms with Crippen LogP contribution < -0.4 is 59.3 Å². The topological polar surface area (TPSA) is 409 Å². The van der Waals surface area contributed by atoms with E-state index in [0.29, 0.717) is 19.3 Å². The van der Waals surface area contributed by atoms with E-state index in [1.807, 2.05) is 12.2 Å². The van der Waals surface area contributed by atoms with Gasteiger partial charge in [0.1, 0.15) is 42.8 Å². The molecule has 0 radical (unpaired) electrons. The van der Waals surface area contributed by atoms with Gasteiger partial charge in [0.2, 0.25) is 53.2 Å². The summed E-state index contributed by atoms with van der Waals surface area (Å²) in [7, 11) is 0. The van der Waals surface area contributed by atoms with Gasteiger partial charge in [-0.2, -0.15) is 0 Å². The minimum absolute atomic E-state index is 0.0199. The van der Waals surface area contributed by atoms with Crippen molar-refractivity contribution < 1.29 is 68.1 Å². The average Bonchev–Trinajstić information content (AvgIpc) is 3.19. The summed E-state index contributed by atoms with van der Waals surface area (Å²) in [5.74, 6) is -11.7. The predicted molar refractivity (Wildman–Crippen MR) is 219 cm³/mol. The molecule has 0 bridgehead atoms. The van der Waals surface area contributed by atoms with Crippen molar-refractivity contribution in [2.24, 2.45) is 23.3 Å². The van der Waals surface area contributed by atoms with Crippen LogP contribution >= 0.6 is 0 Å². The molecule has 62 heavy (non-hydrogen) atoms. The van der Waals surface area contributed by atoms with E-state index in [2.05, 4.69) is 42.5 Å². The molecule has 25 heteroatoms. The second kappa shape index (κ2) is 28.6. The highest BCUT2D eigenvalue weighted by Gasteiger charge is 2.34. The van der Waals surface area contributed by atoms with Crippen molar-refractivity contribution in [3.05, 3.63) is 0 Å². The van der Waals surface area contributed by atoms with Gasteiger partial charge in [-0.15, -0.1) is 0 Å². The van der Waals surface area contributed by atoms with Crippen molar-refractivity contribution in [1.29, 1.82) is 0 Å². The van der Waals surface area contributed by atoms with E-state index in [4.69, 9.17) is 16.6 Å². The van der Waals surface area contributed by atoms with E-state index < -0.39 is 145 Å². The number of hydrogen-bond acceptors (Lipinski definition) is 14. The number of unbranched alkanes of at least 4 members (excludes halogenated alkanes) is 1. The normalized spacial score (nSPS) is 15.3. The second-order valence-electron chi connectivity index (χ2n) is 15.0. The highest BCUT2D eigenvalue weighted by molar-refractivity contribution is 5.98. The molecule has 352 valence electrons. The minimum Gasteiger partial charge on any atom is -0.481 e. The third-order valence-corrected chi connectivity index (χ3v) is 9.26. The number of carboxylic acids is 2. The first kappa shape index (κ1) is 56.0. The Kier molecular flexibility index (Phi) is 25.8. The number of aliphatic carboxylic acids is 2. The molecule has 0 aliphatic carbocycles. The number of carbonyl (C=O) groups is 11. The summed E-state index contributed by atoms with van der Waals surface area (Å²) < 4.78 is 0. The fourth-order valence-electron chi connectivity index (χ4n) is 5.26. The standard InChI is InChI=1S/C37H65N11O14/c1-8-18(4)28(39)35(60)44-20(6)32(57)40-14-24(50)43-19(5)31(56)41-15-25(51)45-23(13-26(52)53)34(59)47-29(17(2)3)37(62)46-22(11-9-10-12-38)33(58)48-30(21(7)49)36(61)42-16-27(54)55/h17-23,28-30,49H,8-16,38-39H2,1-7H3,(H,40,57)(H,41,56)(H,42,61)(H,43,50)(H,44,60)(H,45,51)(H,46,62)(H,47,59)(H,48,58)(H,52,53)(H,54,55)/t18-,19-,20-,21+,22-,23-,28-,29-,30-/m0/s1. The third-order valence-electron chi connectivity index (χ3n) is 9.26. The largest absolute Gasteiger partial charge is 0.481 e. The van der Waals surface area contributed by atoms with Gasteiger partial charge in [0.15, 0.2) is 0 Å². The van der Waals surface area contributed by atoms with Gasteiger partial charge in [-0.3, -0.25) is 52.7 Å². The van der Waals surface area contributed by atoms with Crippen molar-refractivity contribution in [1.82, 2.24) is 47.9 Å². The second-order valence-corrected chi connectivity index (χ2v) is 15.0. The van der Waals surface area contributed by atoms with E-state index in [-0.39, 0.29) is 18.9 Å². The molecule has 0 saturated heterocycles. The van der Waals surface area contributed by atoms with Crippen LogP contribution in [-0.4, -0.2) is 155 Å². The van der Waals surface area contributed by atoms with E-state index in [9.17, 15) is 63.0 Å². The molecular weight excluding hydrogens is 822 g/mol. The lowest BCUT2D eigenvalue weighted by Gasteiger charge is -2.28. The Morgan fingerprint density at radius 1 is 0.532 bits per heavy atom. The zero-order valence-electron chi connectivity index (χ0n) is 36.1. The van der Waals surface area contributed by atoms with Crippen LogP contribution in [-0.2, 0) is 52.7 Å². The molecule has 0 heterocycles. The highest BCUT2D eigenvalue weighted by Crippen LogP contribution is 2.09. The van der Waals surface area contributed by atoms with Gasteiger partial charge in [0.25, 0.3) is 0 Å². The first-order chi connectivity index (χ1) is 28.9. The Bertz CT molecular complexity index is 1590. The number of aliphatic hydroxyl groups is 1. The Hall–Kier alpha value is -5.95. The summed E-state index contributed by atoms with van der Waals surface area (Å²) in [6.45, 7) is 8.57. The number of carboxylic acid groups (broad SMARTS) is 2. The lowest BCUT2D eigenvalue weighted by molar-refractivity contribution is -0.141. The van der Waals surface area contributed by atoms with E-state index in [1.165, 1.54) is 34.6 Å². The van der Waals surface area contributed by atoms with Crippen molar-refractivity contribution >= 4 is 65.1 Å². The minimum atomic E-state index is -1.77. The molecular formula is C37H65N11O14. The summed E-state index contributed by atoms with van der Waals surface area (Å²) in [6.07, 6.45) is -1.10. The molecule has 0 aliphatic heterocycles. The maximum absolute atomic E-state index is 13.5. The molecule has 9 atom stereocenters. The summed E-state index contributed by atoms with van der Waals surface area (Å²) in [4.78, 5) is 138. The average molecular weight is 888 g/mol. The number of carbonyl (C=O) groups excluding carboxylic acids is 9. The lowest BCUT2D eigenvalue weighted by atomic mass is 9.99. The van der Waals surface area contributed by atoms with Crippen LogP contribution in [0.25, 0.3) is 0 Å². The maximum atomic E-state index is 13.5. The number of nitrogens with one attached hydrogen (secondary N) is 9. The van der Waals surface area contributed by atoms with Crippen LogP contribution in [0.15, 0.2) is 0 Å². The zero-order valence-corrected chi connectivity index (χ0v) is 36.1. The summed E-state index contributed by atoms with van der Waals surface area (Å²) in [5.41, 5.74) is 11.4. The molecule has 25 nitrogen and oxygen atoms in total. The smallest absolute Gasteiger partial charge is 0.322 e. The first-order valence-corrected chi connectivity index (χ1v) is 20.1. The molecule has 0 rings (SSSR count). The van der Waals surface area contributed by atoms with Gasteiger partial charge < -0.3 is 74.6 Å². The van der Waals surface area contributed by atoms with E-state index >= 15 is 0 Å². The van der Waals surface area contributed by atoms with Gasteiger partial charge >= 0.3 is 11.9 Å². The molecule has 0 spiro atoms. The maximum Gasteiger partial charge on any atom is 0.322 e. The van der Waals surface area contributed by atoms with Crippen molar-refractivity contribution in [2.75, 3.05) is 26.2 Å². The number of amides is 9. The fourth-order valence-corrected chi connectivity index (χ4v) is 5.26. The fraction of sp³-hybridized carbons (Fsp3) is 0.703. The zero-order chi connectivity index (χ0) is 47.9. The molecule has 0 aromatic carbocycles. The van der Waals surface area contributed by atoms with E-state index in [0.717, 1.165) is 0 Å². The van der Waals surface area contributed by atoms with Crippen LogP contribution in [0, 0.1) is 11.8 Å². The molecule has 0 aromatic rings. The van der Waals surface area contributed by atoms with Crippen LogP contribution in [0.1, 0.15) is 80.6 Å². The third kappa shape index (κ3) is 21.5. The van der Waals surface area contributed by atoms with Crippen molar-refractivity contribution in [2.45, 2.75) is 129 Å². The molecule has 16 N–H and O–H groups in total. The summed E-state index contributed by atoms with van der Waals surface area (Å²) >= 11 is 0. The quantitative estimate of drug-likeness (QED) is 0.0311. The number of aliphatic hydroxyl groups excluding tert-OH is 1. The van der Waals surface area contributed by atoms with Crippen LogP contribution in [0.5, 0.6) is 0 Å². The van der Waals surface area contributed by atoms with Gasteiger partial charge in [-0.05, 0) is 58.4 Å². The Labute approximate surface area is 359 Å². The molecule has 0 unspecified atom stereocenters. The number of hydrogen-bond donors (Lipinski definition) is 14. The summed E-state index contributed by atoms with van der Waals surface area (Å²) in [5, 5.41) is 49.1. The molecule has 0 aromatic heterocycles. The summed E-state index contributed by atoms with van der Waals surface area (Å²) in [6, 6.07) is -9.27. The Morgan fingerprint density at radius 3 is 1.52 bits per heavy atom. The van der Waals surface area contributed by atoms with Crippen molar-refractivity contribution in [3.8, 4) is 0 Å². The van der Waals surface area contributed by atoms with Gasteiger partial charge in [0.05, 0.1) is 31.7 Å². The van der Waals surface area contributed by atoms with Gasteiger partial charge in [0, 0.05) is 0 Å². The lowest BCUT2D eigenvalue weighted by Crippen LogP contribution is -2.61. The first-order valence-electron chi connectivity index (χ1n) is 20.1. The van der Waals surface area contributed by atoms with Crippen molar-refractivity contribution in [3.63, 3.8) is 0 Å². The predicted octanol–water partition coefficient (Wildman–Crippen LogP) is -5.62. The number of rotatable bonds is 29. The van der Waals surface area contributed by atoms with Crippen LogP contribution in [0.2, 0.25) is 0 Å². The molecule has 9 amide bonds. The van der Waals surface area contributed by atoms with Crippen LogP contribution in [0.4, 0.5) is 0 Å².